The normalized spacial score (nSPS) is 14.9. The van der Waals surface area contributed by atoms with E-state index in [4.69, 9.17) is 15.2 Å². The van der Waals surface area contributed by atoms with Gasteiger partial charge in [-0.2, -0.15) is 0 Å². The maximum atomic E-state index is 11.8. The Kier molecular flexibility index (Phi) is 17.2. The molecule has 1 saturated heterocycles. The summed E-state index contributed by atoms with van der Waals surface area (Å²) in [6.45, 7) is 24.9. The maximum absolute atomic E-state index is 11.8. The number of hydrogen-bond acceptors (Lipinski definition) is 7. The molecule has 1 aliphatic heterocycles. The molecule has 4 N–H and O–H groups in total. The molecule has 1 aliphatic rings. The number of allylic oxidation sites excluding steroid dienone is 7. The number of aliphatic imine (C=N–C) groups is 2. The Bertz CT molecular complexity index is 1220. The van der Waals surface area contributed by atoms with Gasteiger partial charge in [0.05, 0.1) is 31.0 Å². The first-order valence-corrected chi connectivity index (χ1v) is 13.6. The van der Waals surface area contributed by atoms with Gasteiger partial charge in [0.1, 0.15) is 5.76 Å². The van der Waals surface area contributed by atoms with Gasteiger partial charge in [-0.05, 0) is 44.1 Å². The summed E-state index contributed by atoms with van der Waals surface area (Å²) in [5.74, 6) is 0.677. The van der Waals surface area contributed by atoms with Crippen molar-refractivity contribution in [1.82, 2.24) is 20.5 Å². The molecule has 0 atom stereocenters. The van der Waals surface area contributed by atoms with Gasteiger partial charge in [-0.3, -0.25) is 20.2 Å². The Labute approximate surface area is 250 Å². The van der Waals surface area contributed by atoms with Crippen molar-refractivity contribution in [2.24, 2.45) is 15.7 Å². The molecule has 42 heavy (non-hydrogen) atoms. The number of carbonyl (C=O) groups excluding carboxylic acids is 1. The molecular formula is C32H45N7O3. The summed E-state index contributed by atoms with van der Waals surface area (Å²) in [5.41, 5.74) is 9.46. The third-order valence-corrected chi connectivity index (χ3v) is 5.45. The zero-order valence-electron chi connectivity index (χ0n) is 25.4. The van der Waals surface area contributed by atoms with Crippen molar-refractivity contribution < 1.29 is 14.3 Å². The molecule has 10 heteroatoms. The number of guanidine groups is 1. The minimum Gasteiger partial charge on any atom is -0.442 e. The zero-order valence-corrected chi connectivity index (χ0v) is 25.4. The number of nitrogens with zero attached hydrogens (tertiary/aromatic N) is 4. The van der Waals surface area contributed by atoms with Crippen molar-refractivity contribution >= 4 is 23.5 Å². The van der Waals surface area contributed by atoms with E-state index in [0.29, 0.717) is 37.6 Å². The molecule has 0 radical (unpaired) electrons. The summed E-state index contributed by atoms with van der Waals surface area (Å²) in [7, 11) is 1.61. The van der Waals surface area contributed by atoms with Gasteiger partial charge in [0.2, 0.25) is 11.9 Å². The summed E-state index contributed by atoms with van der Waals surface area (Å²) in [5, 5.41) is 5.06. The third kappa shape index (κ3) is 14.2. The molecule has 226 valence electrons. The molecule has 0 spiro atoms. The minimum atomic E-state index is -0.462. The van der Waals surface area contributed by atoms with E-state index in [-0.39, 0.29) is 17.6 Å². The van der Waals surface area contributed by atoms with Crippen LogP contribution in [-0.2, 0) is 9.47 Å². The predicted molar refractivity (Wildman–Crippen MR) is 174 cm³/mol. The molecule has 1 fully saturated rings. The fourth-order valence-corrected chi connectivity index (χ4v) is 3.48. The van der Waals surface area contributed by atoms with Crippen LogP contribution < -0.4 is 16.4 Å². The predicted octanol–water partition coefficient (Wildman–Crippen LogP) is 4.75. The van der Waals surface area contributed by atoms with Crippen LogP contribution in [-0.4, -0.2) is 74.2 Å². The largest absolute Gasteiger partial charge is 0.442 e. The van der Waals surface area contributed by atoms with Gasteiger partial charge in [0, 0.05) is 39.1 Å². The maximum Gasteiger partial charge on any atom is 0.321 e. The molecule has 0 aromatic carbocycles. The Morgan fingerprint density at radius 2 is 2.00 bits per heavy atom. The third-order valence-electron chi connectivity index (χ3n) is 5.45. The van der Waals surface area contributed by atoms with Gasteiger partial charge in [0.15, 0.2) is 0 Å². The van der Waals surface area contributed by atoms with E-state index in [0.717, 1.165) is 29.8 Å². The van der Waals surface area contributed by atoms with Crippen molar-refractivity contribution in [3.8, 4) is 0 Å². The van der Waals surface area contributed by atoms with E-state index in [1.807, 2.05) is 50.3 Å². The van der Waals surface area contributed by atoms with E-state index in [9.17, 15) is 4.79 Å². The van der Waals surface area contributed by atoms with Gasteiger partial charge in [-0.1, -0.05) is 62.3 Å². The number of rotatable bonds is 11. The lowest BCUT2D eigenvalue weighted by Crippen LogP contribution is -2.43. The number of nitrogens with two attached hydrogens (primary N) is 1. The number of aromatic nitrogens is 1. The van der Waals surface area contributed by atoms with Gasteiger partial charge in [0.25, 0.3) is 0 Å². The number of ether oxygens (including phenoxy) is 2. The van der Waals surface area contributed by atoms with E-state index in [1.165, 1.54) is 0 Å². The van der Waals surface area contributed by atoms with Crippen LogP contribution in [0.3, 0.4) is 0 Å². The molecule has 2 rings (SSSR count). The summed E-state index contributed by atoms with van der Waals surface area (Å²) < 4.78 is 11.5. The van der Waals surface area contributed by atoms with Crippen molar-refractivity contribution in [2.75, 3.05) is 46.4 Å². The summed E-state index contributed by atoms with van der Waals surface area (Å²) >= 11 is 0. The molecular weight excluding hydrogens is 530 g/mol. The minimum absolute atomic E-state index is 0.113. The van der Waals surface area contributed by atoms with Crippen LogP contribution in [0, 0.1) is 0 Å². The van der Waals surface area contributed by atoms with Crippen molar-refractivity contribution in [1.29, 1.82) is 0 Å². The Balaban J connectivity index is 0.00000112. The summed E-state index contributed by atoms with van der Waals surface area (Å²) in [4.78, 5) is 26.8. The second-order valence-corrected chi connectivity index (χ2v) is 8.97. The first-order chi connectivity index (χ1) is 20.1. The standard InChI is InChI=1S/C25H35N7O3.C7H10/c1-6-20(21-9-8-10-28-16-21)15-22(19(4)30-24(26)31-25(33)29-7-2)23(27-5)35-18(3)17-32-11-13-34-14-12-32;1-4-5-6-7(2)3/h6,8-10,15-16H,3-4,7,11-14,17H2,1-2,5H3,(H4,26,29,30,31,33);4-6H,1-2H2,3H3/b20-6+,22-15+,27-23?;6-5-. The number of urea groups is 1. The first kappa shape index (κ1) is 35.5. The van der Waals surface area contributed by atoms with Gasteiger partial charge in [-0.25, -0.2) is 9.79 Å². The van der Waals surface area contributed by atoms with Crippen LogP contribution in [0.25, 0.3) is 5.57 Å². The van der Waals surface area contributed by atoms with Gasteiger partial charge < -0.3 is 20.5 Å². The number of amides is 2. The average Bonchev–Trinajstić information content (AvgIpc) is 2.97. The Morgan fingerprint density at radius 1 is 1.29 bits per heavy atom. The molecule has 10 nitrogen and oxygen atoms in total. The number of morpholine rings is 1. The highest BCUT2D eigenvalue weighted by atomic mass is 16.5. The smallest absolute Gasteiger partial charge is 0.321 e. The number of pyridine rings is 1. The Hall–Kier alpha value is -4.54. The summed E-state index contributed by atoms with van der Waals surface area (Å²) in [6.07, 6.45) is 12.7. The molecule has 0 saturated carbocycles. The van der Waals surface area contributed by atoms with E-state index in [1.54, 1.807) is 32.4 Å². The quantitative estimate of drug-likeness (QED) is 0.151. The van der Waals surface area contributed by atoms with Crippen LogP contribution in [0.5, 0.6) is 0 Å². The second kappa shape index (κ2) is 20.4. The van der Waals surface area contributed by atoms with Crippen LogP contribution in [0.4, 0.5) is 4.79 Å². The lowest BCUT2D eigenvalue weighted by atomic mass is 10.0. The van der Waals surface area contributed by atoms with Gasteiger partial charge in [-0.15, -0.1) is 0 Å². The number of hydrogen-bond donors (Lipinski definition) is 3. The second-order valence-electron chi connectivity index (χ2n) is 8.97. The first-order valence-electron chi connectivity index (χ1n) is 13.6. The van der Waals surface area contributed by atoms with E-state index < -0.39 is 6.03 Å². The molecule has 0 bridgehead atoms. The highest BCUT2D eigenvalue weighted by Gasteiger charge is 2.18. The molecule has 0 unspecified atom stereocenters. The molecule has 2 amide bonds. The summed E-state index contributed by atoms with van der Waals surface area (Å²) in [6, 6.07) is 3.33. The molecule has 1 aromatic rings. The van der Waals surface area contributed by atoms with Gasteiger partial charge >= 0.3 is 6.03 Å². The van der Waals surface area contributed by atoms with E-state index in [2.05, 4.69) is 56.8 Å². The monoisotopic (exact) mass is 575 g/mol. The van der Waals surface area contributed by atoms with Crippen molar-refractivity contribution in [2.45, 2.75) is 20.8 Å². The Morgan fingerprint density at radius 3 is 2.52 bits per heavy atom. The lowest BCUT2D eigenvalue weighted by molar-refractivity contribution is 0.0384. The average molecular weight is 576 g/mol. The highest BCUT2D eigenvalue weighted by Crippen LogP contribution is 2.23. The van der Waals surface area contributed by atoms with Crippen LogP contribution in [0.15, 0.2) is 114 Å². The topological polar surface area (TPSA) is 126 Å². The molecule has 0 aliphatic carbocycles. The molecule has 2 heterocycles. The number of carbonyl (C=O) groups is 1. The van der Waals surface area contributed by atoms with Crippen LogP contribution in [0.1, 0.15) is 26.3 Å². The SMILES string of the molecule is C=C(CN1CCOCC1)OC(=NC)/C(=C/C(=C\C)c1cccnc1)C(=C)N=C(N)NC(=O)NCC.C=C/C=C\C(=C)C. The lowest BCUT2D eigenvalue weighted by Gasteiger charge is -2.27. The zero-order chi connectivity index (χ0) is 31.3. The van der Waals surface area contributed by atoms with E-state index >= 15 is 0 Å². The fraction of sp³-hybridized carbons (Fsp3) is 0.312. The fourth-order valence-electron chi connectivity index (χ4n) is 3.48. The molecule has 1 aromatic heterocycles. The number of nitrogens with one attached hydrogen (secondary N) is 2. The van der Waals surface area contributed by atoms with Crippen LogP contribution in [0.2, 0.25) is 0 Å². The van der Waals surface area contributed by atoms with Crippen molar-refractivity contribution in [3.63, 3.8) is 0 Å². The highest BCUT2D eigenvalue weighted by molar-refractivity contribution is 6.02. The van der Waals surface area contributed by atoms with Crippen molar-refractivity contribution in [3.05, 3.63) is 109 Å². The van der Waals surface area contributed by atoms with Crippen LogP contribution >= 0.6 is 0 Å².